The van der Waals surface area contributed by atoms with Crippen LogP contribution in [0.25, 0.3) is 5.69 Å². The van der Waals surface area contributed by atoms with Crippen LogP contribution in [0, 0.1) is 6.92 Å². The molecule has 0 atom stereocenters. The van der Waals surface area contributed by atoms with Gasteiger partial charge in [-0.15, -0.1) is 0 Å². The number of urea groups is 1. The molecule has 0 spiro atoms. The van der Waals surface area contributed by atoms with Crippen LogP contribution in [0.4, 0.5) is 10.5 Å². The van der Waals surface area contributed by atoms with E-state index in [-0.39, 0.29) is 5.56 Å². The lowest BCUT2D eigenvalue weighted by molar-refractivity contribution is 0.252. The monoisotopic (exact) mass is 411 g/mol. The Balaban J connectivity index is 1.72. The van der Waals surface area contributed by atoms with E-state index in [0.29, 0.717) is 33.9 Å². The van der Waals surface area contributed by atoms with Crippen molar-refractivity contribution in [1.82, 2.24) is 15.2 Å². The Bertz CT molecular complexity index is 1260. The molecule has 7 heteroatoms. The van der Waals surface area contributed by atoms with E-state index in [1.807, 2.05) is 78.9 Å². The Kier molecular flexibility index (Phi) is 5.75. The quantitative estimate of drug-likeness (QED) is 0.342. The number of aromatic nitrogens is 2. The van der Waals surface area contributed by atoms with Crippen molar-refractivity contribution in [2.75, 3.05) is 5.32 Å². The standard InChI is InChI=1S/C24H21N5O2/c1-17-21(23(30)29(28-17)20-15-9-4-10-16-20)22(18-11-5-2-6-12-18)26-27-24(31)25-19-13-7-3-8-14-19/h2-16,28H,1H3,(H2,25,27,31)/b26-22+. The van der Waals surface area contributed by atoms with E-state index in [1.54, 1.807) is 19.1 Å². The van der Waals surface area contributed by atoms with Crippen molar-refractivity contribution in [1.29, 1.82) is 0 Å². The van der Waals surface area contributed by atoms with Gasteiger partial charge < -0.3 is 5.32 Å². The summed E-state index contributed by atoms with van der Waals surface area (Å²) in [6.45, 7) is 1.80. The summed E-state index contributed by atoms with van der Waals surface area (Å²) in [5.74, 6) is 0. The van der Waals surface area contributed by atoms with Crippen LogP contribution in [0.15, 0.2) is 101 Å². The maximum atomic E-state index is 13.3. The number of H-pyrrole nitrogens is 1. The van der Waals surface area contributed by atoms with Crippen LogP contribution < -0.4 is 16.3 Å². The third kappa shape index (κ3) is 4.45. The molecule has 31 heavy (non-hydrogen) atoms. The summed E-state index contributed by atoms with van der Waals surface area (Å²) in [7, 11) is 0. The predicted octanol–water partition coefficient (Wildman–Crippen LogP) is 4.05. The van der Waals surface area contributed by atoms with Gasteiger partial charge >= 0.3 is 6.03 Å². The molecule has 0 aliphatic heterocycles. The first-order chi connectivity index (χ1) is 15.1. The maximum absolute atomic E-state index is 13.3. The van der Waals surface area contributed by atoms with E-state index in [0.717, 1.165) is 0 Å². The molecule has 3 N–H and O–H groups in total. The molecule has 4 rings (SSSR count). The molecule has 7 nitrogen and oxygen atoms in total. The van der Waals surface area contributed by atoms with Crippen LogP contribution in [0.5, 0.6) is 0 Å². The van der Waals surface area contributed by atoms with Gasteiger partial charge in [-0.05, 0) is 31.2 Å². The molecular weight excluding hydrogens is 390 g/mol. The number of rotatable bonds is 5. The Labute approximate surface area is 179 Å². The summed E-state index contributed by atoms with van der Waals surface area (Å²) >= 11 is 0. The number of nitrogens with one attached hydrogen (secondary N) is 3. The first-order valence-corrected chi connectivity index (χ1v) is 9.76. The van der Waals surface area contributed by atoms with E-state index in [2.05, 4.69) is 20.9 Å². The van der Waals surface area contributed by atoms with Crippen LogP contribution >= 0.6 is 0 Å². The summed E-state index contributed by atoms with van der Waals surface area (Å²) in [4.78, 5) is 25.6. The second kappa shape index (κ2) is 8.96. The zero-order chi connectivity index (χ0) is 21.6. The number of anilines is 1. The first kappa shape index (κ1) is 19.9. The molecule has 0 radical (unpaired) electrons. The summed E-state index contributed by atoms with van der Waals surface area (Å²) in [5, 5.41) is 10.1. The lowest BCUT2D eigenvalue weighted by Gasteiger charge is -2.08. The molecule has 1 aromatic heterocycles. The van der Waals surface area contributed by atoms with Crippen LogP contribution in [0.1, 0.15) is 16.8 Å². The largest absolute Gasteiger partial charge is 0.339 e. The summed E-state index contributed by atoms with van der Waals surface area (Å²) < 4.78 is 1.47. The van der Waals surface area contributed by atoms with Crippen molar-refractivity contribution < 1.29 is 4.79 Å². The second-order valence-electron chi connectivity index (χ2n) is 6.85. The van der Waals surface area contributed by atoms with E-state index >= 15 is 0 Å². The lowest BCUT2D eigenvalue weighted by atomic mass is 10.0. The Morgan fingerprint density at radius 2 is 1.45 bits per heavy atom. The second-order valence-corrected chi connectivity index (χ2v) is 6.85. The van der Waals surface area contributed by atoms with Crippen LogP contribution in [-0.2, 0) is 0 Å². The van der Waals surface area contributed by atoms with Crippen molar-refractivity contribution in [2.24, 2.45) is 5.10 Å². The zero-order valence-electron chi connectivity index (χ0n) is 16.9. The number of nitrogens with zero attached hydrogens (tertiary/aromatic N) is 2. The molecule has 0 unspecified atom stereocenters. The number of aromatic amines is 1. The smallest absolute Gasteiger partial charge is 0.307 e. The molecule has 0 saturated heterocycles. The fraction of sp³-hybridized carbons (Fsp3) is 0.0417. The minimum absolute atomic E-state index is 0.253. The number of hydrogen-bond acceptors (Lipinski definition) is 3. The SMILES string of the molecule is Cc1[nH]n(-c2ccccc2)c(=O)c1/C(=N/NC(=O)Nc1ccccc1)c1ccccc1. The molecule has 1 heterocycles. The van der Waals surface area contributed by atoms with Gasteiger partial charge in [0.05, 0.1) is 11.3 Å². The average Bonchev–Trinajstić information content (AvgIpc) is 3.10. The van der Waals surface area contributed by atoms with Crippen LogP contribution in [-0.4, -0.2) is 21.5 Å². The third-order valence-electron chi connectivity index (χ3n) is 4.67. The fourth-order valence-corrected chi connectivity index (χ4v) is 3.23. The summed E-state index contributed by atoms with van der Waals surface area (Å²) in [6.07, 6.45) is 0. The van der Waals surface area contributed by atoms with E-state index < -0.39 is 6.03 Å². The number of carbonyl (C=O) groups is 1. The molecular formula is C24H21N5O2. The van der Waals surface area contributed by atoms with Gasteiger partial charge in [0.1, 0.15) is 5.71 Å². The van der Waals surface area contributed by atoms with Crippen molar-refractivity contribution >= 4 is 17.4 Å². The number of benzene rings is 3. The molecule has 154 valence electrons. The summed E-state index contributed by atoms with van der Waals surface area (Å²) in [5.41, 5.74) is 5.71. The predicted molar refractivity (Wildman–Crippen MR) is 122 cm³/mol. The number of hydrogen-bond donors (Lipinski definition) is 3. The van der Waals surface area contributed by atoms with Crippen molar-refractivity contribution in [2.45, 2.75) is 6.92 Å². The third-order valence-corrected chi connectivity index (χ3v) is 4.67. The number of para-hydroxylation sites is 2. The minimum atomic E-state index is -0.504. The minimum Gasteiger partial charge on any atom is -0.307 e. The first-order valence-electron chi connectivity index (χ1n) is 9.76. The van der Waals surface area contributed by atoms with E-state index in [9.17, 15) is 9.59 Å². The van der Waals surface area contributed by atoms with Gasteiger partial charge in [-0.2, -0.15) is 5.10 Å². The van der Waals surface area contributed by atoms with E-state index in [4.69, 9.17) is 0 Å². The van der Waals surface area contributed by atoms with Gasteiger partial charge in [0, 0.05) is 16.9 Å². The molecule has 0 fully saturated rings. The lowest BCUT2D eigenvalue weighted by Crippen LogP contribution is -2.28. The van der Waals surface area contributed by atoms with Gasteiger partial charge in [-0.3, -0.25) is 9.89 Å². The molecule has 0 bridgehead atoms. The normalized spacial score (nSPS) is 11.2. The topological polar surface area (TPSA) is 91.3 Å². The highest BCUT2D eigenvalue weighted by Crippen LogP contribution is 2.13. The Morgan fingerprint density at radius 3 is 2.10 bits per heavy atom. The fourth-order valence-electron chi connectivity index (χ4n) is 3.23. The van der Waals surface area contributed by atoms with Gasteiger partial charge in [0.2, 0.25) is 0 Å². The number of hydrazone groups is 1. The molecule has 0 aliphatic carbocycles. The average molecular weight is 411 g/mol. The highest BCUT2D eigenvalue weighted by Gasteiger charge is 2.20. The molecule has 2 amide bonds. The highest BCUT2D eigenvalue weighted by molar-refractivity contribution is 6.13. The molecule has 0 aliphatic rings. The highest BCUT2D eigenvalue weighted by atomic mass is 16.2. The molecule has 0 saturated carbocycles. The maximum Gasteiger partial charge on any atom is 0.339 e. The number of carbonyl (C=O) groups excluding carboxylic acids is 1. The van der Waals surface area contributed by atoms with Crippen molar-refractivity contribution in [3.8, 4) is 5.69 Å². The summed E-state index contributed by atoms with van der Waals surface area (Å²) in [6, 6.07) is 27.1. The van der Waals surface area contributed by atoms with Gasteiger partial charge in [-0.1, -0.05) is 66.7 Å². The zero-order valence-corrected chi connectivity index (χ0v) is 16.9. The Morgan fingerprint density at radius 1 is 0.871 bits per heavy atom. The number of aryl methyl sites for hydroxylation is 1. The van der Waals surface area contributed by atoms with Gasteiger partial charge in [0.15, 0.2) is 0 Å². The molecule has 4 aromatic rings. The van der Waals surface area contributed by atoms with Crippen LogP contribution in [0.3, 0.4) is 0 Å². The van der Waals surface area contributed by atoms with Crippen molar-refractivity contribution in [3.05, 3.63) is 118 Å². The molecule has 3 aromatic carbocycles. The van der Waals surface area contributed by atoms with Crippen LogP contribution in [0.2, 0.25) is 0 Å². The van der Waals surface area contributed by atoms with Gasteiger partial charge in [-0.25, -0.2) is 14.9 Å². The van der Waals surface area contributed by atoms with E-state index in [1.165, 1.54) is 4.68 Å². The Hall–Kier alpha value is -4.39. The van der Waals surface area contributed by atoms with Gasteiger partial charge in [0.25, 0.3) is 5.56 Å². The van der Waals surface area contributed by atoms with Crippen molar-refractivity contribution in [3.63, 3.8) is 0 Å². The number of amides is 2.